The maximum absolute atomic E-state index is 12.4. The van der Waals surface area contributed by atoms with E-state index in [1.165, 1.54) is 193 Å². The molecular weight excluding hydrogens is 671 g/mol. The first-order valence-electron chi connectivity index (χ1n) is 24.1. The number of allylic oxidation sites excluding steroid dienone is 2. The summed E-state index contributed by atoms with van der Waals surface area (Å²) in [6.45, 7) is 3.99. The third-order valence-corrected chi connectivity index (χ3v) is 11.5. The lowest BCUT2D eigenvalue weighted by molar-refractivity contribution is -0.132. The minimum atomic E-state index is -1.27. The zero-order chi connectivity index (χ0) is 39.6. The number of hydrogen-bond donors (Lipinski definition) is 5. The Hall–Kier alpha value is -0.950. The molecule has 0 aliphatic rings. The molecule has 0 saturated carbocycles. The van der Waals surface area contributed by atoms with Gasteiger partial charge in [0.25, 0.3) is 0 Å². The number of unbranched alkanes of at least 4 members (excludes halogenated alkanes) is 33. The minimum absolute atomic E-state index is 0.285. The molecule has 6 nitrogen and oxygen atoms in total. The molecule has 0 aromatic rings. The molecule has 6 heteroatoms. The van der Waals surface area contributed by atoms with E-state index in [1.54, 1.807) is 0 Å². The van der Waals surface area contributed by atoms with Crippen molar-refractivity contribution in [2.24, 2.45) is 0 Å². The Morgan fingerprint density at radius 1 is 0.444 bits per heavy atom. The summed E-state index contributed by atoms with van der Waals surface area (Å²) in [5, 5.41) is 43.4. The van der Waals surface area contributed by atoms with Gasteiger partial charge in [-0.05, 0) is 32.1 Å². The molecule has 0 fully saturated rings. The molecule has 5 N–H and O–H groups in total. The van der Waals surface area contributed by atoms with Gasteiger partial charge in [-0.15, -0.1) is 0 Å². The van der Waals surface area contributed by atoms with E-state index in [2.05, 4.69) is 25.2 Å². The van der Waals surface area contributed by atoms with E-state index in [0.29, 0.717) is 12.8 Å². The van der Waals surface area contributed by atoms with Crippen LogP contribution < -0.4 is 5.32 Å². The second-order valence-corrected chi connectivity index (χ2v) is 16.8. The van der Waals surface area contributed by atoms with Crippen LogP contribution >= 0.6 is 0 Å². The Bertz CT molecular complexity index is 776. The second kappa shape index (κ2) is 43.2. The average molecular weight is 766 g/mol. The molecule has 0 aliphatic heterocycles. The third-order valence-electron chi connectivity index (χ3n) is 11.5. The smallest absolute Gasteiger partial charge is 0.249 e. The monoisotopic (exact) mass is 766 g/mol. The second-order valence-electron chi connectivity index (χ2n) is 16.8. The number of aliphatic hydroxyl groups excluding tert-OH is 4. The topological polar surface area (TPSA) is 110 Å². The van der Waals surface area contributed by atoms with Crippen LogP contribution in [0, 0.1) is 0 Å². The summed E-state index contributed by atoms with van der Waals surface area (Å²) in [6.07, 6.45) is 48.8. The fraction of sp³-hybridized carbons (Fsp3) is 0.938. The van der Waals surface area contributed by atoms with Gasteiger partial charge in [0.2, 0.25) is 5.91 Å². The molecule has 54 heavy (non-hydrogen) atoms. The molecule has 0 spiro atoms. The van der Waals surface area contributed by atoms with Crippen LogP contribution in [0.2, 0.25) is 0 Å². The maximum Gasteiger partial charge on any atom is 0.249 e. The summed E-state index contributed by atoms with van der Waals surface area (Å²) in [5.41, 5.74) is 0. The van der Waals surface area contributed by atoms with Gasteiger partial charge in [0, 0.05) is 0 Å². The minimum Gasteiger partial charge on any atom is -0.394 e. The normalized spacial score (nSPS) is 14.1. The average Bonchev–Trinajstić information content (AvgIpc) is 3.18. The van der Waals surface area contributed by atoms with E-state index in [1.807, 2.05) is 6.08 Å². The van der Waals surface area contributed by atoms with Crippen LogP contribution in [0.1, 0.15) is 258 Å². The summed E-state index contributed by atoms with van der Waals surface area (Å²) in [4.78, 5) is 12.4. The van der Waals surface area contributed by atoms with Crippen LogP contribution in [0.4, 0.5) is 0 Å². The van der Waals surface area contributed by atoms with Crippen LogP contribution in [0.5, 0.6) is 0 Å². The molecular formula is C48H95NO5. The van der Waals surface area contributed by atoms with Crippen molar-refractivity contribution in [1.29, 1.82) is 0 Å². The van der Waals surface area contributed by atoms with E-state index < -0.39 is 36.9 Å². The van der Waals surface area contributed by atoms with Gasteiger partial charge < -0.3 is 25.7 Å². The highest BCUT2D eigenvalue weighted by Crippen LogP contribution is 2.18. The summed E-state index contributed by atoms with van der Waals surface area (Å²) in [6, 6.07) is -0.996. The fourth-order valence-electron chi connectivity index (χ4n) is 7.64. The molecule has 0 bridgehead atoms. The van der Waals surface area contributed by atoms with Gasteiger partial charge in [0.05, 0.1) is 18.8 Å². The Labute approximate surface area is 336 Å². The first kappa shape index (κ1) is 53.0. The molecule has 1 amide bonds. The molecule has 0 radical (unpaired) electrons. The van der Waals surface area contributed by atoms with Gasteiger partial charge in [-0.2, -0.15) is 0 Å². The zero-order valence-electron chi connectivity index (χ0n) is 36.2. The van der Waals surface area contributed by atoms with Crippen LogP contribution in [-0.2, 0) is 4.79 Å². The number of amides is 1. The summed E-state index contributed by atoms with van der Waals surface area (Å²) in [7, 11) is 0. The van der Waals surface area contributed by atoms with Crippen molar-refractivity contribution in [3.05, 3.63) is 12.2 Å². The number of carbonyl (C=O) groups is 1. The molecule has 4 unspecified atom stereocenters. The lowest BCUT2D eigenvalue weighted by atomic mass is 9.99. The van der Waals surface area contributed by atoms with Gasteiger partial charge in [0.1, 0.15) is 12.2 Å². The number of carbonyl (C=O) groups excluding carboxylic acids is 1. The summed E-state index contributed by atoms with van der Waals surface area (Å²) < 4.78 is 0. The Morgan fingerprint density at radius 3 is 1.11 bits per heavy atom. The Kier molecular flexibility index (Phi) is 42.4. The third kappa shape index (κ3) is 36.7. The first-order chi connectivity index (χ1) is 26.5. The molecule has 0 heterocycles. The maximum atomic E-state index is 12.4. The summed E-state index contributed by atoms with van der Waals surface area (Å²) in [5.74, 6) is -0.618. The van der Waals surface area contributed by atoms with Crippen molar-refractivity contribution in [2.75, 3.05) is 6.61 Å². The van der Waals surface area contributed by atoms with Gasteiger partial charge in [0.15, 0.2) is 0 Å². The highest BCUT2D eigenvalue weighted by molar-refractivity contribution is 5.80. The highest BCUT2D eigenvalue weighted by atomic mass is 16.3. The van der Waals surface area contributed by atoms with Crippen molar-refractivity contribution in [3.8, 4) is 0 Å². The van der Waals surface area contributed by atoms with Crippen LogP contribution in [0.25, 0.3) is 0 Å². The standard InChI is InChI=1S/C48H95NO5/c1-3-5-7-9-11-13-14-15-16-17-18-19-20-21-22-23-24-25-26-27-28-29-30-31-32-33-34-36-37-39-41-45(51)47(53)44(43-50)49-48(54)46(52)42-40-38-35-12-10-8-6-4-2/h35,38,44-47,50-53H,3-34,36-37,39-43H2,1-2H3,(H,49,54)/b38-35-. The SMILES string of the molecule is CCCCCC/C=C\CCC(O)C(=O)NC(CO)C(O)C(O)CCCCCCCCCCCCCCCCCCCCCCCCCCCCCCCC. The van der Waals surface area contributed by atoms with E-state index in [-0.39, 0.29) is 6.42 Å². The van der Waals surface area contributed by atoms with Crippen molar-refractivity contribution < 1.29 is 25.2 Å². The zero-order valence-corrected chi connectivity index (χ0v) is 36.2. The Morgan fingerprint density at radius 2 is 0.759 bits per heavy atom. The predicted octanol–water partition coefficient (Wildman–Crippen LogP) is 13.0. The van der Waals surface area contributed by atoms with E-state index >= 15 is 0 Å². The van der Waals surface area contributed by atoms with Gasteiger partial charge in [-0.3, -0.25) is 4.79 Å². The quantitative estimate of drug-likeness (QED) is 0.0313. The fourth-order valence-corrected chi connectivity index (χ4v) is 7.64. The summed E-state index contributed by atoms with van der Waals surface area (Å²) >= 11 is 0. The van der Waals surface area contributed by atoms with Crippen LogP contribution in [0.3, 0.4) is 0 Å². The number of hydrogen-bond acceptors (Lipinski definition) is 5. The van der Waals surface area contributed by atoms with Gasteiger partial charge in [-0.1, -0.05) is 238 Å². The molecule has 0 aliphatic carbocycles. The van der Waals surface area contributed by atoms with Crippen molar-refractivity contribution >= 4 is 5.91 Å². The van der Waals surface area contributed by atoms with Crippen LogP contribution in [-0.4, -0.2) is 57.3 Å². The molecule has 0 rings (SSSR count). The molecule has 0 aromatic heterocycles. The van der Waals surface area contributed by atoms with Crippen LogP contribution in [0.15, 0.2) is 12.2 Å². The predicted molar refractivity (Wildman–Crippen MR) is 233 cm³/mol. The van der Waals surface area contributed by atoms with Gasteiger partial charge >= 0.3 is 0 Å². The molecule has 0 saturated heterocycles. The van der Waals surface area contributed by atoms with E-state index in [0.717, 1.165) is 32.1 Å². The number of nitrogens with one attached hydrogen (secondary N) is 1. The van der Waals surface area contributed by atoms with E-state index in [4.69, 9.17) is 0 Å². The largest absolute Gasteiger partial charge is 0.394 e. The van der Waals surface area contributed by atoms with E-state index in [9.17, 15) is 25.2 Å². The molecule has 322 valence electrons. The number of rotatable bonds is 44. The first-order valence-corrected chi connectivity index (χ1v) is 24.1. The lowest BCUT2D eigenvalue weighted by Crippen LogP contribution is -2.53. The van der Waals surface area contributed by atoms with Crippen molar-refractivity contribution in [1.82, 2.24) is 5.32 Å². The van der Waals surface area contributed by atoms with Crippen molar-refractivity contribution in [2.45, 2.75) is 282 Å². The highest BCUT2D eigenvalue weighted by Gasteiger charge is 2.28. The van der Waals surface area contributed by atoms with Gasteiger partial charge in [-0.25, -0.2) is 0 Å². The Balaban J connectivity index is 3.52. The lowest BCUT2D eigenvalue weighted by Gasteiger charge is -2.27. The molecule has 4 atom stereocenters. The number of aliphatic hydroxyl groups is 4. The molecule has 0 aromatic carbocycles. The van der Waals surface area contributed by atoms with Crippen molar-refractivity contribution in [3.63, 3.8) is 0 Å².